The molecule has 0 saturated carbocycles. The molecule has 6 heavy (non-hydrogen) atoms. The Kier molecular flexibility index (Phi) is 4.46. The van der Waals surface area contributed by atoms with Crippen molar-refractivity contribution >= 4 is 0 Å². The van der Waals surface area contributed by atoms with Gasteiger partial charge in [-0.25, -0.2) is 0 Å². The van der Waals surface area contributed by atoms with Crippen molar-refractivity contribution in [2.75, 3.05) is 6.54 Å². The minimum absolute atomic E-state index is 0. The predicted molar refractivity (Wildman–Crippen MR) is 30.6 cm³/mol. The molecule has 0 aromatic heterocycles. The Labute approximate surface area is 40.3 Å². The van der Waals surface area contributed by atoms with Crippen LogP contribution in [0.5, 0.6) is 0 Å². The summed E-state index contributed by atoms with van der Waals surface area (Å²) in [4.78, 5) is 0. The van der Waals surface area contributed by atoms with Crippen LogP contribution in [0.25, 0.3) is 0 Å². The Morgan fingerprint density at radius 3 is 2.67 bits per heavy atom. The molecule has 1 heteroatoms. The smallest absolute Gasteiger partial charge is 0 e. The van der Waals surface area contributed by atoms with E-state index in [0.29, 0.717) is 0 Å². The first kappa shape index (κ1) is 5.70. The maximum absolute atomic E-state index is 5.16. The second-order valence-corrected chi connectivity index (χ2v) is 1.15. The summed E-state index contributed by atoms with van der Waals surface area (Å²) in [7, 11) is 0. The molecule has 0 spiro atoms. The number of nitrogens with two attached hydrogens (primary N) is 1. The van der Waals surface area contributed by atoms with Gasteiger partial charge in [0.1, 0.15) is 0 Å². The summed E-state index contributed by atoms with van der Waals surface area (Å²) in [5, 5.41) is 0. The fourth-order valence-electron chi connectivity index (χ4n) is 0.263. The summed E-state index contributed by atoms with van der Waals surface area (Å²) >= 11 is 0. The molecule has 0 aliphatic carbocycles. The van der Waals surface area contributed by atoms with Crippen LogP contribution < -0.4 is 5.73 Å². The average molecular weight is 87.2 g/mol. The summed E-state index contributed by atoms with van der Waals surface area (Å²) in [5.74, 6) is 0. The minimum atomic E-state index is 0. The Bertz CT molecular complexity index is 43.3. The second-order valence-electron chi connectivity index (χ2n) is 1.15. The van der Waals surface area contributed by atoms with Gasteiger partial charge in [0.25, 0.3) is 0 Å². The fourth-order valence-corrected chi connectivity index (χ4v) is 0.263. The van der Waals surface area contributed by atoms with Gasteiger partial charge < -0.3 is 5.73 Å². The lowest BCUT2D eigenvalue weighted by Gasteiger charge is -1.77. The van der Waals surface area contributed by atoms with Gasteiger partial charge in [-0.05, 0) is 19.9 Å². The van der Waals surface area contributed by atoms with E-state index in [1.807, 2.05) is 13.0 Å². The van der Waals surface area contributed by atoms with Crippen molar-refractivity contribution < 1.29 is 1.43 Å². The molecule has 0 rings (SSSR count). The van der Waals surface area contributed by atoms with Gasteiger partial charge in [0.2, 0.25) is 0 Å². The number of hydrogen-bond acceptors (Lipinski definition) is 1. The molecule has 0 saturated heterocycles. The van der Waals surface area contributed by atoms with Crippen LogP contribution in [0.2, 0.25) is 0 Å². The quantitative estimate of drug-likeness (QED) is 0.502. The molecule has 38 valence electrons. The molecule has 2 N–H and O–H groups in total. The van der Waals surface area contributed by atoms with Crippen molar-refractivity contribution in [1.82, 2.24) is 0 Å². The lowest BCUT2D eigenvalue weighted by Crippen LogP contribution is -1.94. The van der Waals surface area contributed by atoms with Crippen LogP contribution >= 0.6 is 0 Å². The summed E-state index contributed by atoms with van der Waals surface area (Å²) in [5.41, 5.74) is 5.16. The molecule has 0 aliphatic heterocycles. The van der Waals surface area contributed by atoms with E-state index in [4.69, 9.17) is 5.73 Å². The van der Waals surface area contributed by atoms with Gasteiger partial charge in [-0.1, -0.05) is 12.2 Å². The SMILES string of the molecule is C/C=C/CCN.[HH]. The fraction of sp³-hybridized carbons (Fsp3) is 0.600. The molecule has 0 heterocycles. The van der Waals surface area contributed by atoms with E-state index >= 15 is 0 Å². The van der Waals surface area contributed by atoms with Gasteiger partial charge in [0.15, 0.2) is 0 Å². The van der Waals surface area contributed by atoms with Gasteiger partial charge in [-0.15, -0.1) is 0 Å². The third-order valence-electron chi connectivity index (χ3n) is 0.569. The van der Waals surface area contributed by atoms with Crippen LogP contribution in [0.15, 0.2) is 12.2 Å². The van der Waals surface area contributed by atoms with Crippen LogP contribution in [0.4, 0.5) is 0 Å². The Hall–Kier alpha value is -0.300. The van der Waals surface area contributed by atoms with Crippen LogP contribution in [-0.2, 0) is 0 Å². The van der Waals surface area contributed by atoms with E-state index in [0.717, 1.165) is 13.0 Å². The molecule has 0 aromatic rings. The molecule has 0 aromatic carbocycles. The molecular weight excluding hydrogens is 74.1 g/mol. The first-order chi connectivity index (χ1) is 2.91. The van der Waals surface area contributed by atoms with Crippen molar-refractivity contribution in [1.29, 1.82) is 0 Å². The molecule has 1 nitrogen and oxygen atoms in total. The first-order valence-corrected chi connectivity index (χ1v) is 2.23. The third-order valence-corrected chi connectivity index (χ3v) is 0.569. The summed E-state index contributed by atoms with van der Waals surface area (Å²) < 4.78 is 0. The third kappa shape index (κ3) is 3.70. The van der Waals surface area contributed by atoms with E-state index < -0.39 is 0 Å². The molecule has 0 fully saturated rings. The maximum atomic E-state index is 5.16. The average Bonchev–Trinajstić information content (AvgIpc) is 1.61. The number of rotatable bonds is 2. The van der Waals surface area contributed by atoms with E-state index in [2.05, 4.69) is 6.08 Å². The van der Waals surface area contributed by atoms with E-state index in [1.165, 1.54) is 0 Å². The van der Waals surface area contributed by atoms with E-state index in [1.54, 1.807) is 0 Å². The summed E-state index contributed by atoms with van der Waals surface area (Å²) in [6, 6.07) is 0. The monoisotopic (exact) mass is 87.1 g/mol. The molecule has 0 aliphatic rings. The van der Waals surface area contributed by atoms with Crippen molar-refractivity contribution in [2.24, 2.45) is 5.73 Å². The van der Waals surface area contributed by atoms with E-state index in [9.17, 15) is 0 Å². The highest BCUT2D eigenvalue weighted by Crippen LogP contribution is 1.73. The second kappa shape index (κ2) is 4.70. The highest BCUT2D eigenvalue weighted by atomic mass is 14.5. The zero-order valence-corrected chi connectivity index (χ0v) is 4.15. The molecule has 0 atom stereocenters. The van der Waals surface area contributed by atoms with Crippen molar-refractivity contribution in [2.45, 2.75) is 13.3 Å². The minimum Gasteiger partial charge on any atom is -0.330 e. The maximum Gasteiger partial charge on any atom is 0 e. The van der Waals surface area contributed by atoms with Gasteiger partial charge in [-0.2, -0.15) is 0 Å². The van der Waals surface area contributed by atoms with Crippen LogP contribution in [-0.4, -0.2) is 6.54 Å². The normalized spacial score (nSPS) is 10.3. The molecule has 0 amide bonds. The topological polar surface area (TPSA) is 26.0 Å². The zero-order valence-electron chi connectivity index (χ0n) is 4.15. The largest absolute Gasteiger partial charge is 0.330 e. The summed E-state index contributed by atoms with van der Waals surface area (Å²) in [6.07, 6.45) is 5.07. The van der Waals surface area contributed by atoms with Gasteiger partial charge in [0, 0.05) is 1.43 Å². The van der Waals surface area contributed by atoms with Gasteiger partial charge in [0.05, 0.1) is 0 Å². The molecule has 0 radical (unpaired) electrons. The van der Waals surface area contributed by atoms with Crippen LogP contribution in [0.3, 0.4) is 0 Å². The van der Waals surface area contributed by atoms with Crippen LogP contribution in [0, 0.1) is 0 Å². The predicted octanol–water partition coefficient (Wildman–Crippen LogP) is 1.16. The Morgan fingerprint density at radius 2 is 2.50 bits per heavy atom. The highest BCUT2D eigenvalue weighted by molar-refractivity contribution is 4.76. The lowest BCUT2D eigenvalue weighted by atomic mass is 10.4. The first-order valence-electron chi connectivity index (χ1n) is 2.23. The van der Waals surface area contributed by atoms with Crippen molar-refractivity contribution in [3.05, 3.63) is 12.2 Å². The van der Waals surface area contributed by atoms with Gasteiger partial charge in [-0.3, -0.25) is 0 Å². The molecule has 0 bridgehead atoms. The van der Waals surface area contributed by atoms with E-state index in [-0.39, 0.29) is 1.43 Å². The Balaban J connectivity index is 0. The number of allylic oxidation sites excluding steroid dienone is 1. The molecular formula is C5H13N. The van der Waals surface area contributed by atoms with Crippen molar-refractivity contribution in [3.8, 4) is 0 Å². The highest BCUT2D eigenvalue weighted by Gasteiger charge is 1.64. The standard InChI is InChI=1S/C5H11N.H2/c1-2-3-4-5-6;/h2-3H,4-6H2,1H3;1H/b3-2+;. The molecule has 0 unspecified atom stereocenters. The lowest BCUT2D eigenvalue weighted by molar-refractivity contribution is 1.01. The van der Waals surface area contributed by atoms with Gasteiger partial charge >= 0.3 is 0 Å². The summed E-state index contributed by atoms with van der Waals surface area (Å²) in [6.45, 7) is 2.76. The number of hydrogen-bond donors (Lipinski definition) is 1. The van der Waals surface area contributed by atoms with Crippen LogP contribution in [0.1, 0.15) is 14.8 Å². The Morgan fingerprint density at radius 1 is 1.83 bits per heavy atom. The zero-order chi connectivity index (χ0) is 4.83. The van der Waals surface area contributed by atoms with Crippen molar-refractivity contribution in [3.63, 3.8) is 0 Å².